The fourth-order valence-electron chi connectivity index (χ4n) is 2.59. The minimum atomic E-state index is 0.201. The number of fused-ring (bicyclic) bond motifs is 1. The van der Waals surface area contributed by atoms with Crippen LogP contribution in [-0.4, -0.2) is 24.5 Å². The van der Waals surface area contributed by atoms with Crippen LogP contribution in [0.4, 0.5) is 0 Å². The Hall–Kier alpha value is -2.29. The molecule has 2 aromatic carbocycles. The number of phenolic OH excluding ortho intramolecular Hbond substituents is 1. The van der Waals surface area contributed by atoms with Crippen LogP contribution in [0.25, 0.3) is 0 Å². The van der Waals surface area contributed by atoms with Crippen molar-refractivity contribution in [3.8, 4) is 11.5 Å². The van der Waals surface area contributed by atoms with Crippen molar-refractivity contribution in [2.24, 2.45) is 4.99 Å². The van der Waals surface area contributed by atoms with E-state index in [4.69, 9.17) is 4.74 Å². The maximum atomic E-state index is 9.88. The topological polar surface area (TPSA) is 41.8 Å². The Kier molecular flexibility index (Phi) is 3.42. The number of hydrogen-bond acceptors (Lipinski definition) is 3. The van der Waals surface area contributed by atoms with Gasteiger partial charge in [-0.3, -0.25) is 4.99 Å². The summed E-state index contributed by atoms with van der Waals surface area (Å²) in [4.78, 5) is 4.65. The zero-order chi connectivity index (χ0) is 13.9. The standard InChI is InChI=1S/C17H17NO2/c1-20-17-11-14-13(10-16(17)19)7-8-18-15(14)9-12-5-3-2-4-6-12/h2-6,10-11,19H,7-9H2,1H3. The van der Waals surface area contributed by atoms with Gasteiger partial charge in [-0.2, -0.15) is 0 Å². The Morgan fingerprint density at radius 1 is 1.20 bits per heavy atom. The Bertz CT molecular complexity index is 648. The van der Waals surface area contributed by atoms with Gasteiger partial charge in [0.25, 0.3) is 0 Å². The Morgan fingerprint density at radius 2 is 2.00 bits per heavy atom. The Morgan fingerprint density at radius 3 is 2.75 bits per heavy atom. The summed E-state index contributed by atoms with van der Waals surface area (Å²) in [5.74, 6) is 0.707. The van der Waals surface area contributed by atoms with Gasteiger partial charge in [-0.1, -0.05) is 30.3 Å². The SMILES string of the molecule is COc1cc2c(cc1O)CCN=C2Cc1ccccc1. The highest BCUT2D eigenvalue weighted by Gasteiger charge is 2.17. The first-order valence-electron chi connectivity index (χ1n) is 6.75. The average molecular weight is 267 g/mol. The minimum absolute atomic E-state index is 0.201. The van der Waals surface area contributed by atoms with Crippen LogP contribution in [0.1, 0.15) is 16.7 Å². The molecule has 1 aliphatic rings. The number of methoxy groups -OCH3 is 1. The second-order valence-corrected chi connectivity index (χ2v) is 4.92. The molecule has 0 spiro atoms. The van der Waals surface area contributed by atoms with Gasteiger partial charge in [0.15, 0.2) is 11.5 Å². The first-order chi connectivity index (χ1) is 9.78. The van der Waals surface area contributed by atoms with E-state index in [9.17, 15) is 5.11 Å². The molecule has 1 heterocycles. The van der Waals surface area contributed by atoms with E-state index >= 15 is 0 Å². The monoisotopic (exact) mass is 267 g/mol. The molecule has 0 unspecified atom stereocenters. The normalized spacial score (nSPS) is 13.6. The molecule has 0 amide bonds. The smallest absolute Gasteiger partial charge is 0.161 e. The van der Waals surface area contributed by atoms with Crippen molar-refractivity contribution in [2.45, 2.75) is 12.8 Å². The van der Waals surface area contributed by atoms with Crippen LogP contribution in [0.3, 0.4) is 0 Å². The predicted molar refractivity (Wildman–Crippen MR) is 79.9 cm³/mol. The molecule has 0 saturated carbocycles. The summed E-state index contributed by atoms with van der Waals surface area (Å²) >= 11 is 0. The van der Waals surface area contributed by atoms with Gasteiger partial charge in [-0.05, 0) is 29.7 Å². The van der Waals surface area contributed by atoms with Crippen molar-refractivity contribution >= 4 is 5.71 Å². The van der Waals surface area contributed by atoms with Crippen LogP contribution in [0.5, 0.6) is 11.5 Å². The van der Waals surface area contributed by atoms with Gasteiger partial charge >= 0.3 is 0 Å². The molecule has 3 heteroatoms. The fraction of sp³-hybridized carbons (Fsp3) is 0.235. The van der Waals surface area contributed by atoms with Crippen molar-refractivity contribution in [1.82, 2.24) is 0 Å². The highest BCUT2D eigenvalue weighted by atomic mass is 16.5. The zero-order valence-corrected chi connectivity index (χ0v) is 11.5. The van der Waals surface area contributed by atoms with E-state index in [-0.39, 0.29) is 5.75 Å². The van der Waals surface area contributed by atoms with Crippen molar-refractivity contribution in [3.63, 3.8) is 0 Å². The van der Waals surface area contributed by atoms with Gasteiger partial charge in [0.05, 0.1) is 7.11 Å². The van der Waals surface area contributed by atoms with E-state index in [1.54, 1.807) is 13.2 Å². The predicted octanol–water partition coefficient (Wildman–Crippen LogP) is 2.99. The van der Waals surface area contributed by atoms with Crippen LogP contribution in [0.2, 0.25) is 0 Å². The van der Waals surface area contributed by atoms with E-state index in [1.165, 1.54) is 5.56 Å². The maximum Gasteiger partial charge on any atom is 0.161 e. The second kappa shape index (κ2) is 5.37. The molecule has 0 aromatic heterocycles. The summed E-state index contributed by atoms with van der Waals surface area (Å²) in [6, 6.07) is 14.0. The van der Waals surface area contributed by atoms with Crippen LogP contribution in [-0.2, 0) is 12.8 Å². The number of rotatable bonds is 3. The van der Waals surface area contributed by atoms with Crippen LogP contribution in [0.15, 0.2) is 47.5 Å². The quantitative estimate of drug-likeness (QED) is 0.929. The summed E-state index contributed by atoms with van der Waals surface area (Å²) in [6.07, 6.45) is 1.67. The molecule has 20 heavy (non-hydrogen) atoms. The van der Waals surface area contributed by atoms with Crippen molar-refractivity contribution < 1.29 is 9.84 Å². The van der Waals surface area contributed by atoms with Gasteiger partial charge in [0, 0.05) is 24.2 Å². The number of benzene rings is 2. The van der Waals surface area contributed by atoms with Crippen molar-refractivity contribution in [2.75, 3.05) is 13.7 Å². The lowest BCUT2D eigenvalue weighted by Crippen LogP contribution is -2.15. The van der Waals surface area contributed by atoms with Crippen LogP contribution >= 0.6 is 0 Å². The van der Waals surface area contributed by atoms with E-state index in [2.05, 4.69) is 17.1 Å². The number of aromatic hydroxyl groups is 1. The highest BCUT2D eigenvalue weighted by molar-refractivity contribution is 6.04. The lowest BCUT2D eigenvalue weighted by atomic mass is 9.93. The summed E-state index contributed by atoms with van der Waals surface area (Å²) in [5.41, 5.74) is 4.54. The summed E-state index contributed by atoms with van der Waals surface area (Å²) in [7, 11) is 1.57. The maximum absolute atomic E-state index is 9.88. The molecule has 0 atom stereocenters. The van der Waals surface area contributed by atoms with Gasteiger partial charge in [0.1, 0.15) is 0 Å². The highest BCUT2D eigenvalue weighted by Crippen LogP contribution is 2.32. The molecule has 0 radical (unpaired) electrons. The molecule has 0 bridgehead atoms. The molecule has 0 fully saturated rings. The average Bonchev–Trinajstić information content (AvgIpc) is 2.48. The van der Waals surface area contributed by atoms with Gasteiger partial charge < -0.3 is 9.84 Å². The molecule has 1 aliphatic heterocycles. The summed E-state index contributed by atoms with van der Waals surface area (Å²) in [6.45, 7) is 0.779. The van der Waals surface area contributed by atoms with Gasteiger partial charge in [-0.15, -0.1) is 0 Å². The molecular formula is C17H17NO2. The van der Waals surface area contributed by atoms with E-state index in [1.807, 2.05) is 24.3 Å². The molecule has 1 N–H and O–H groups in total. The minimum Gasteiger partial charge on any atom is -0.504 e. The second-order valence-electron chi connectivity index (χ2n) is 4.92. The third-order valence-corrected chi connectivity index (χ3v) is 3.61. The largest absolute Gasteiger partial charge is 0.504 e. The van der Waals surface area contributed by atoms with Crippen LogP contribution in [0, 0.1) is 0 Å². The third kappa shape index (κ3) is 2.39. The van der Waals surface area contributed by atoms with Gasteiger partial charge in [0.2, 0.25) is 0 Å². The first kappa shape index (κ1) is 12.7. The lowest BCUT2D eigenvalue weighted by Gasteiger charge is -2.19. The lowest BCUT2D eigenvalue weighted by molar-refractivity contribution is 0.373. The summed E-state index contributed by atoms with van der Waals surface area (Å²) < 4.78 is 5.20. The number of aliphatic imine (C=N–C) groups is 1. The van der Waals surface area contributed by atoms with E-state index in [0.29, 0.717) is 5.75 Å². The molecule has 2 aromatic rings. The molecule has 0 saturated heterocycles. The van der Waals surface area contributed by atoms with E-state index < -0.39 is 0 Å². The fourth-order valence-corrected chi connectivity index (χ4v) is 2.59. The number of phenols is 1. The van der Waals surface area contributed by atoms with Crippen LogP contribution < -0.4 is 4.74 Å². The Balaban J connectivity index is 1.97. The number of nitrogens with zero attached hydrogens (tertiary/aromatic N) is 1. The third-order valence-electron chi connectivity index (χ3n) is 3.61. The number of hydrogen-bond donors (Lipinski definition) is 1. The van der Waals surface area contributed by atoms with Gasteiger partial charge in [-0.25, -0.2) is 0 Å². The molecular weight excluding hydrogens is 250 g/mol. The molecule has 3 rings (SSSR count). The van der Waals surface area contributed by atoms with Crippen molar-refractivity contribution in [3.05, 3.63) is 59.2 Å². The molecule has 3 nitrogen and oxygen atoms in total. The van der Waals surface area contributed by atoms with E-state index in [0.717, 1.165) is 36.2 Å². The number of ether oxygens (including phenoxy) is 1. The zero-order valence-electron chi connectivity index (χ0n) is 11.5. The first-order valence-corrected chi connectivity index (χ1v) is 6.75. The van der Waals surface area contributed by atoms with Crippen molar-refractivity contribution in [1.29, 1.82) is 0 Å². The Labute approximate surface area is 118 Å². The summed E-state index contributed by atoms with van der Waals surface area (Å²) in [5, 5.41) is 9.88. The molecule has 102 valence electrons. The molecule has 0 aliphatic carbocycles.